The van der Waals surface area contributed by atoms with Crippen LogP contribution in [0, 0.1) is 0 Å². The minimum Gasteiger partial charge on any atom is -0.378 e. The second-order valence-electron chi connectivity index (χ2n) is 7.60. The molecule has 0 bridgehead atoms. The molecule has 2 fully saturated rings. The number of piperidine rings is 1. The standard InChI is InChI=1S/C22H29N3O/c1-2-6-20(7-3-1)18-25-16-17-26-19-22(25)10-14-24(15-11-22)13-9-21-8-4-5-12-23-21/h1-8,12H,9-11,13-19H2. The molecule has 2 aromatic rings. The van der Waals surface area contributed by atoms with Gasteiger partial charge in [0.25, 0.3) is 0 Å². The highest BCUT2D eigenvalue weighted by atomic mass is 16.5. The predicted molar refractivity (Wildman–Crippen MR) is 104 cm³/mol. The molecule has 0 amide bonds. The molecule has 0 saturated carbocycles. The number of morpholine rings is 1. The Balaban J connectivity index is 1.34. The van der Waals surface area contributed by atoms with Crippen LogP contribution in [-0.4, -0.2) is 59.7 Å². The Hall–Kier alpha value is -1.75. The minimum absolute atomic E-state index is 0.218. The molecule has 3 heterocycles. The van der Waals surface area contributed by atoms with Crippen molar-refractivity contribution in [1.29, 1.82) is 0 Å². The van der Waals surface area contributed by atoms with Crippen molar-refractivity contribution in [3.63, 3.8) is 0 Å². The lowest BCUT2D eigenvalue weighted by Crippen LogP contribution is -2.61. The second kappa shape index (κ2) is 8.30. The molecular formula is C22H29N3O. The molecule has 138 valence electrons. The zero-order chi connectivity index (χ0) is 17.7. The van der Waals surface area contributed by atoms with E-state index in [1.165, 1.54) is 24.1 Å². The molecule has 4 nitrogen and oxygen atoms in total. The molecule has 2 saturated heterocycles. The van der Waals surface area contributed by atoms with E-state index in [2.05, 4.69) is 57.2 Å². The summed E-state index contributed by atoms with van der Waals surface area (Å²) in [6.45, 7) is 7.24. The summed E-state index contributed by atoms with van der Waals surface area (Å²) in [6.07, 6.45) is 5.32. The highest BCUT2D eigenvalue weighted by Crippen LogP contribution is 2.33. The number of benzene rings is 1. The number of ether oxygens (including phenoxy) is 1. The van der Waals surface area contributed by atoms with Gasteiger partial charge in [-0.2, -0.15) is 0 Å². The summed E-state index contributed by atoms with van der Waals surface area (Å²) in [7, 11) is 0. The van der Waals surface area contributed by atoms with Gasteiger partial charge in [-0.15, -0.1) is 0 Å². The summed E-state index contributed by atoms with van der Waals surface area (Å²) in [5, 5.41) is 0. The van der Waals surface area contributed by atoms with Crippen LogP contribution in [0.15, 0.2) is 54.7 Å². The molecule has 0 unspecified atom stereocenters. The Morgan fingerprint density at radius 3 is 2.54 bits per heavy atom. The Labute approximate surface area is 156 Å². The Kier molecular flexibility index (Phi) is 5.63. The lowest BCUT2D eigenvalue weighted by atomic mass is 9.85. The largest absolute Gasteiger partial charge is 0.378 e. The molecule has 2 aliphatic rings. The van der Waals surface area contributed by atoms with Gasteiger partial charge in [0.2, 0.25) is 0 Å². The molecule has 1 aromatic carbocycles. The van der Waals surface area contributed by atoms with Gasteiger partial charge in [0, 0.05) is 43.5 Å². The van der Waals surface area contributed by atoms with Gasteiger partial charge in [-0.25, -0.2) is 0 Å². The third-order valence-corrected chi connectivity index (χ3v) is 5.96. The van der Waals surface area contributed by atoms with Gasteiger partial charge in [0.05, 0.1) is 13.2 Å². The third-order valence-electron chi connectivity index (χ3n) is 5.96. The summed E-state index contributed by atoms with van der Waals surface area (Å²) >= 11 is 0. The number of likely N-dealkylation sites (tertiary alicyclic amines) is 1. The lowest BCUT2D eigenvalue weighted by molar-refractivity contribution is -0.0987. The zero-order valence-corrected chi connectivity index (χ0v) is 15.5. The average molecular weight is 351 g/mol. The number of nitrogens with zero attached hydrogens (tertiary/aromatic N) is 3. The molecule has 2 aliphatic heterocycles. The van der Waals surface area contributed by atoms with E-state index in [1.807, 2.05) is 12.3 Å². The van der Waals surface area contributed by atoms with Crippen molar-refractivity contribution >= 4 is 0 Å². The van der Waals surface area contributed by atoms with Crippen LogP contribution >= 0.6 is 0 Å². The van der Waals surface area contributed by atoms with Crippen LogP contribution in [0.2, 0.25) is 0 Å². The van der Waals surface area contributed by atoms with Gasteiger partial charge in [-0.3, -0.25) is 9.88 Å². The topological polar surface area (TPSA) is 28.6 Å². The number of hydrogen-bond acceptors (Lipinski definition) is 4. The molecule has 1 spiro atoms. The summed E-state index contributed by atoms with van der Waals surface area (Å²) in [5.41, 5.74) is 2.82. The van der Waals surface area contributed by atoms with E-state index in [1.54, 1.807) is 0 Å². The van der Waals surface area contributed by atoms with E-state index in [0.717, 1.165) is 52.4 Å². The van der Waals surface area contributed by atoms with E-state index in [9.17, 15) is 0 Å². The summed E-state index contributed by atoms with van der Waals surface area (Å²) in [5.74, 6) is 0. The van der Waals surface area contributed by atoms with Crippen molar-refractivity contribution in [2.75, 3.05) is 39.4 Å². The van der Waals surface area contributed by atoms with Gasteiger partial charge in [0.1, 0.15) is 0 Å². The van der Waals surface area contributed by atoms with Crippen LogP contribution in [0.1, 0.15) is 24.1 Å². The molecular weight excluding hydrogens is 322 g/mol. The van der Waals surface area contributed by atoms with Crippen LogP contribution < -0.4 is 0 Å². The quantitative estimate of drug-likeness (QED) is 0.828. The first-order chi connectivity index (χ1) is 12.8. The van der Waals surface area contributed by atoms with Crippen LogP contribution in [0.3, 0.4) is 0 Å². The van der Waals surface area contributed by atoms with Crippen LogP contribution in [0.4, 0.5) is 0 Å². The fourth-order valence-corrected chi connectivity index (χ4v) is 4.29. The highest BCUT2D eigenvalue weighted by molar-refractivity contribution is 5.15. The van der Waals surface area contributed by atoms with E-state index in [0.29, 0.717) is 0 Å². The fraction of sp³-hybridized carbons (Fsp3) is 0.500. The van der Waals surface area contributed by atoms with Crippen molar-refractivity contribution in [3.05, 3.63) is 66.0 Å². The third kappa shape index (κ3) is 4.14. The average Bonchev–Trinajstić information content (AvgIpc) is 2.71. The maximum atomic E-state index is 5.93. The van der Waals surface area contributed by atoms with Crippen LogP contribution in [0.5, 0.6) is 0 Å². The van der Waals surface area contributed by atoms with E-state index >= 15 is 0 Å². The van der Waals surface area contributed by atoms with Crippen molar-refractivity contribution < 1.29 is 4.74 Å². The van der Waals surface area contributed by atoms with Gasteiger partial charge in [-0.1, -0.05) is 36.4 Å². The molecule has 0 N–H and O–H groups in total. The van der Waals surface area contributed by atoms with Gasteiger partial charge in [-0.05, 0) is 43.6 Å². The Bertz CT molecular complexity index is 668. The molecule has 0 radical (unpaired) electrons. The fourth-order valence-electron chi connectivity index (χ4n) is 4.29. The first kappa shape index (κ1) is 17.7. The Morgan fingerprint density at radius 2 is 1.77 bits per heavy atom. The summed E-state index contributed by atoms with van der Waals surface area (Å²) in [6, 6.07) is 17.1. The second-order valence-corrected chi connectivity index (χ2v) is 7.60. The first-order valence-corrected chi connectivity index (χ1v) is 9.83. The molecule has 0 atom stereocenters. The smallest absolute Gasteiger partial charge is 0.0652 e. The number of hydrogen-bond donors (Lipinski definition) is 0. The van der Waals surface area contributed by atoms with Gasteiger partial charge in [0.15, 0.2) is 0 Å². The van der Waals surface area contributed by atoms with Crippen LogP contribution in [-0.2, 0) is 17.7 Å². The molecule has 26 heavy (non-hydrogen) atoms. The number of aromatic nitrogens is 1. The van der Waals surface area contributed by atoms with E-state index < -0.39 is 0 Å². The molecule has 0 aliphatic carbocycles. The Morgan fingerprint density at radius 1 is 0.962 bits per heavy atom. The van der Waals surface area contributed by atoms with Crippen LogP contribution in [0.25, 0.3) is 0 Å². The molecule has 4 rings (SSSR count). The highest BCUT2D eigenvalue weighted by Gasteiger charge is 2.41. The van der Waals surface area contributed by atoms with E-state index in [-0.39, 0.29) is 5.54 Å². The molecule has 1 aromatic heterocycles. The number of pyridine rings is 1. The van der Waals surface area contributed by atoms with Gasteiger partial charge < -0.3 is 9.64 Å². The lowest BCUT2D eigenvalue weighted by Gasteiger charge is -2.51. The minimum atomic E-state index is 0.218. The van der Waals surface area contributed by atoms with Crippen molar-refractivity contribution in [3.8, 4) is 0 Å². The summed E-state index contributed by atoms with van der Waals surface area (Å²) in [4.78, 5) is 9.73. The predicted octanol–water partition coefficient (Wildman–Crippen LogP) is 2.99. The normalized spacial score (nSPS) is 21.1. The van der Waals surface area contributed by atoms with Crippen molar-refractivity contribution in [1.82, 2.24) is 14.8 Å². The monoisotopic (exact) mass is 351 g/mol. The van der Waals surface area contributed by atoms with E-state index in [4.69, 9.17) is 4.74 Å². The zero-order valence-electron chi connectivity index (χ0n) is 15.5. The van der Waals surface area contributed by atoms with Gasteiger partial charge >= 0.3 is 0 Å². The maximum absolute atomic E-state index is 5.93. The summed E-state index contributed by atoms with van der Waals surface area (Å²) < 4.78 is 5.93. The molecule has 4 heteroatoms. The maximum Gasteiger partial charge on any atom is 0.0652 e. The van der Waals surface area contributed by atoms with Crippen molar-refractivity contribution in [2.45, 2.75) is 31.3 Å². The van der Waals surface area contributed by atoms with Crippen molar-refractivity contribution in [2.24, 2.45) is 0 Å². The first-order valence-electron chi connectivity index (χ1n) is 9.83. The number of rotatable bonds is 5. The SMILES string of the molecule is c1ccc(CN2CCOCC23CCN(CCc2ccccn2)CC3)cc1.